The van der Waals surface area contributed by atoms with Gasteiger partial charge in [0.15, 0.2) is 0 Å². The lowest BCUT2D eigenvalue weighted by Gasteiger charge is -2.25. The van der Waals surface area contributed by atoms with Crippen molar-refractivity contribution in [2.75, 3.05) is 31.6 Å². The van der Waals surface area contributed by atoms with E-state index < -0.39 is 0 Å². The minimum atomic E-state index is -0.364. The molecule has 2 amide bonds. The second-order valence-electron chi connectivity index (χ2n) is 6.75. The van der Waals surface area contributed by atoms with E-state index in [-0.39, 0.29) is 12.0 Å². The number of nitrogens with zero attached hydrogens (tertiary/aromatic N) is 1. The molecule has 6 nitrogen and oxygen atoms in total. The Morgan fingerprint density at radius 2 is 1.76 bits per heavy atom. The van der Waals surface area contributed by atoms with Gasteiger partial charge < -0.3 is 19.7 Å². The van der Waals surface area contributed by atoms with Gasteiger partial charge in [-0.1, -0.05) is 19.3 Å². The number of amides is 2. The van der Waals surface area contributed by atoms with Gasteiger partial charge in [0.2, 0.25) is 5.91 Å². The summed E-state index contributed by atoms with van der Waals surface area (Å²) >= 11 is 0. The maximum absolute atomic E-state index is 12.1. The van der Waals surface area contributed by atoms with E-state index in [0.717, 1.165) is 18.5 Å². The molecule has 1 saturated heterocycles. The van der Waals surface area contributed by atoms with Crippen molar-refractivity contribution in [3.8, 4) is 5.75 Å². The molecule has 6 heteroatoms. The van der Waals surface area contributed by atoms with Crippen molar-refractivity contribution in [3.63, 3.8) is 0 Å². The Morgan fingerprint density at radius 3 is 2.44 bits per heavy atom. The van der Waals surface area contributed by atoms with Crippen molar-refractivity contribution in [2.24, 2.45) is 5.92 Å². The van der Waals surface area contributed by atoms with E-state index in [9.17, 15) is 9.59 Å². The lowest BCUT2D eigenvalue weighted by molar-refractivity contribution is -0.117. The summed E-state index contributed by atoms with van der Waals surface area (Å²) in [5.74, 6) is 1.05. The van der Waals surface area contributed by atoms with Gasteiger partial charge in [-0.3, -0.25) is 4.79 Å². The molecule has 25 heavy (non-hydrogen) atoms. The van der Waals surface area contributed by atoms with Crippen LogP contribution in [0.5, 0.6) is 5.75 Å². The Bertz CT molecular complexity index is 576. The molecule has 1 saturated carbocycles. The molecule has 1 N–H and O–H groups in total. The summed E-state index contributed by atoms with van der Waals surface area (Å²) in [6, 6.07) is 6.94. The molecule has 1 aromatic rings. The van der Waals surface area contributed by atoms with E-state index in [4.69, 9.17) is 9.47 Å². The molecule has 3 rings (SSSR count). The number of ether oxygens (including phenoxy) is 2. The molecule has 0 atom stereocenters. The summed E-state index contributed by atoms with van der Waals surface area (Å²) in [5, 5.41) is 2.93. The Kier molecular flexibility index (Phi) is 6.28. The second-order valence-corrected chi connectivity index (χ2v) is 6.75. The summed E-state index contributed by atoms with van der Waals surface area (Å²) in [7, 11) is 0. The Balaban J connectivity index is 1.46. The number of nitrogens with one attached hydrogen (secondary N) is 1. The SMILES string of the molecule is O=C(CC1CCCCC1)Nc1ccc(OC(=O)N2CCOCC2)cc1. The fourth-order valence-electron chi connectivity index (χ4n) is 3.38. The van der Waals surface area contributed by atoms with Crippen molar-refractivity contribution in [2.45, 2.75) is 38.5 Å². The van der Waals surface area contributed by atoms with Crippen LogP contribution in [0.1, 0.15) is 38.5 Å². The van der Waals surface area contributed by atoms with Crippen LogP contribution in [0.3, 0.4) is 0 Å². The van der Waals surface area contributed by atoms with Gasteiger partial charge in [0.1, 0.15) is 5.75 Å². The zero-order valence-electron chi connectivity index (χ0n) is 14.5. The highest BCUT2D eigenvalue weighted by Gasteiger charge is 2.19. The number of carbonyl (C=O) groups is 2. The zero-order valence-corrected chi connectivity index (χ0v) is 14.5. The number of benzene rings is 1. The summed E-state index contributed by atoms with van der Waals surface area (Å²) in [4.78, 5) is 25.8. The molecule has 2 aliphatic rings. The largest absolute Gasteiger partial charge is 0.415 e. The number of carbonyl (C=O) groups excluding carboxylic acids is 2. The predicted molar refractivity (Wildman–Crippen MR) is 94.7 cm³/mol. The quantitative estimate of drug-likeness (QED) is 0.907. The summed E-state index contributed by atoms with van der Waals surface area (Å²) in [5.41, 5.74) is 0.729. The Hall–Kier alpha value is -2.08. The summed E-state index contributed by atoms with van der Waals surface area (Å²) in [6.45, 7) is 2.18. The third-order valence-corrected chi connectivity index (χ3v) is 4.81. The third-order valence-electron chi connectivity index (χ3n) is 4.81. The van der Waals surface area contributed by atoms with E-state index in [0.29, 0.717) is 44.4 Å². The van der Waals surface area contributed by atoms with Gasteiger partial charge in [0.25, 0.3) is 0 Å². The van der Waals surface area contributed by atoms with Gasteiger partial charge in [-0.2, -0.15) is 0 Å². The molecular formula is C19H26N2O4. The highest BCUT2D eigenvalue weighted by atomic mass is 16.6. The third kappa shape index (κ3) is 5.46. The zero-order chi connectivity index (χ0) is 17.5. The number of morpholine rings is 1. The van der Waals surface area contributed by atoms with Gasteiger partial charge in [-0.05, 0) is 43.0 Å². The summed E-state index contributed by atoms with van der Waals surface area (Å²) in [6.07, 6.45) is 6.31. The molecule has 136 valence electrons. The monoisotopic (exact) mass is 346 g/mol. The van der Waals surface area contributed by atoms with Gasteiger partial charge in [0, 0.05) is 25.2 Å². The van der Waals surface area contributed by atoms with Gasteiger partial charge >= 0.3 is 6.09 Å². The van der Waals surface area contributed by atoms with E-state index in [1.54, 1.807) is 29.2 Å². The van der Waals surface area contributed by atoms with Crippen LogP contribution >= 0.6 is 0 Å². The highest BCUT2D eigenvalue weighted by Crippen LogP contribution is 2.26. The Labute approximate surface area is 148 Å². The topological polar surface area (TPSA) is 67.9 Å². The van der Waals surface area contributed by atoms with Crippen LogP contribution in [0.25, 0.3) is 0 Å². The molecule has 2 fully saturated rings. The first-order chi connectivity index (χ1) is 12.2. The van der Waals surface area contributed by atoms with Gasteiger partial charge in [0.05, 0.1) is 13.2 Å². The average Bonchev–Trinajstić information content (AvgIpc) is 2.65. The second kappa shape index (κ2) is 8.85. The molecule has 0 bridgehead atoms. The van der Waals surface area contributed by atoms with Gasteiger partial charge in [-0.25, -0.2) is 4.79 Å². The van der Waals surface area contributed by atoms with Crippen LogP contribution in [-0.4, -0.2) is 43.2 Å². The van der Waals surface area contributed by atoms with Gasteiger partial charge in [-0.15, -0.1) is 0 Å². The van der Waals surface area contributed by atoms with Crippen LogP contribution < -0.4 is 10.1 Å². The molecule has 0 unspecified atom stereocenters. The number of rotatable bonds is 4. The fourth-order valence-corrected chi connectivity index (χ4v) is 3.38. The number of hydrogen-bond donors (Lipinski definition) is 1. The fraction of sp³-hybridized carbons (Fsp3) is 0.579. The molecule has 1 aliphatic carbocycles. The van der Waals surface area contributed by atoms with Crippen molar-refractivity contribution >= 4 is 17.7 Å². The first-order valence-corrected chi connectivity index (χ1v) is 9.15. The molecule has 0 aromatic heterocycles. The van der Waals surface area contributed by atoms with Crippen LogP contribution in [0.15, 0.2) is 24.3 Å². The minimum absolute atomic E-state index is 0.0601. The summed E-state index contributed by atoms with van der Waals surface area (Å²) < 4.78 is 10.6. The van der Waals surface area contributed by atoms with Crippen LogP contribution in [-0.2, 0) is 9.53 Å². The van der Waals surface area contributed by atoms with E-state index >= 15 is 0 Å². The first kappa shape index (κ1) is 17.7. The normalized spacial score (nSPS) is 18.6. The minimum Gasteiger partial charge on any atom is -0.410 e. The lowest BCUT2D eigenvalue weighted by atomic mass is 9.87. The van der Waals surface area contributed by atoms with Crippen molar-refractivity contribution in [1.29, 1.82) is 0 Å². The first-order valence-electron chi connectivity index (χ1n) is 9.15. The lowest BCUT2D eigenvalue weighted by Crippen LogP contribution is -2.42. The molecule has 1 aromatic carbocycles. The van der Waals surface area contributed by atoms with Crippen molar-refractivity contribution in [3.05, 3.63) is 24.3 Å². The predicted octanol–water partition coefficient (Wildman–Crippen LogP) is 3.43. The van der Waals surface area contributed by atoms with Crippen molar-refractivity contribution < 1.29 is 19.1 Å². The van der Waals surface area contributed by atoms with Crippen LogP contribution in [0, 0.1) is 5.92 Å². The molecule has 1 aliphatic heterocycles. The maximum atomic E-state index is 12.1. The Morgan fingerprint density at radius 1 is 1.08 bits per heavy atom. The van der Waals surface area contributed by atoms with E-state index in [2.05, 4.69) is 5.32 Å². The molecular weight excluding hydrogens is 320 g/mol. The molecule has 1 heterocycles. The van der Waals surface area contributed by atoms with Crippen LogP contribution in [0.2, 0.25) is 0 Å². The van der Waals surface area contributed by atoms with E-state index in [1.807, 2.05) is 0 Å². The van der Waals surface area contributed by atoms with E-state index in [1.165, 1.54) is 19.3 Å². The highest BCUT2D eigenvalue weighted by molar-refractivity contribution is 5.90. The maximum Gasteiger partial charge on any atom is 0.415 e. The smallest absolute Gasteiger partial charge is 0.410 e. The average molecular weight is 346 g/mol. The van der Waals surface area contributed by atoms with Crippen LogP contribution in [0.4, 0.5) is 10.5 Å². The number of anilines is 1. The van der Waals surface area contributed by atoms with Crippen molar-refractivity contribution in [1.82, 2.24) is 4.90 Å². The number of hydrogen-bond acceptors (Lipinski definition) is 4. The molecule has 0 radical (unpaired) electrons. The molecule has 0 spiro atoms. The standard InChI is InChI=1S/C19H26N2O4/c22-18(14-15-4-2-1-3-5-15)20-16-6-8-17(9-7-16)25-19(23)21-10-12-24-13-11-21/h6-9,15H,1-5,10-14H2,(H,20,22).